The van der Waals surface area contributed by atoms with Gasteiger partial charge in [0.2, 0.25) is 0 Å². The lowest BCUT2D eigenvalue weighted by molar-refractivity contribution is -0.136. The van der Waals surface area contributed by atoms with E-state index in [1.807, 2.05) is 0 Å². The van der Waals surface area contributed by atoms with Crippen molar-refractivity contribution in [3.8, 4) is 0 Å². The third-order valence-electron chi connectivity index (χ3n) is 3.83. The molecule has 1 N–H and O–H groups in total. The highest BCUT2D eigenvalue weighted by molar-refractivity contribution is 9.10. The highest BCUT2D eigenvalue weighted by Crippen LogP contribution is 2.40. The van der Waals surface area contributed by atoms with Crippen LogP contribution in [0.2, 0.25) is 0 Å². The van der Waals surface area contributed by atoms with Gasteiger partial charge in [-0.15, -0.1) is 12.4 Å². The average Bonchev–Trinajstić information content (AvgIpc) is 2.48. The van der Waals surface area contributed by atoms with Crippen LogP contribution in [-0.2, 0) is 6.18 Å². The Bertz CT molecular complexity index is 715. The molecule has 23 heavy (non-hydrogen) atoms. The van der Waals surface area contributed by atoms with Crippen molar-refractivity contribution in [3.63, 3.8) is 0 Å². The normalized spacial score (nSPS) is 15.6. The summed E-state index contributed by atoms with van der Waals surface area (Å²) in [5.74, 6) is 0. The molecule has 1 aliphatic rings. The fraction of sp³-hybridized carbons (Fsp3) is 0.400. The number of para-hydroxylation sites is 1. The zero-order valence-corrected chi connectivity index (χ0v) is 14.8. The third-order valence-corrected chi connectivity index (χ3v) is 4.78. The molecule has 0 atom stereocenters. The van der Waals surface area contributed by atoms with E-state index in [4.69, 9.17) is 0 Å². The van der Waals surface area contributed by atoms with Crippen LogP contribution in [0.5, 0.6) is 0 Å². The van der Waals surface area contributed by atoms with Crippen LogP contribution in [-0.4, -0.2) is 31.2 Å². The third kappa shape index (κ3) is 3.41. The lowest BCUT2D eigenvalue weighted by Crippen LogP contribution is -2.43. The van der Waals surface area contributed by atoms with E-state index in [2.05, 4.69) is 31.1 Å². The maximum absolute atomic E-state index is 13.2. The van der Waals surface area contributed by atoms with Crippen LogP contribution < -0.4 is 10.2 Å². The summed E-state index contributed by atoms with van der Waals surface area (Å²) in [5.41, 5.74) is 0.703. The minimum absolute atomic E-state index is 0. The molecular formula is C15H16BrClF3N3. The summed E-state index contributed by atoms with van der Waals surface area (Å²) in [6.07, 6.45) is -4.41. The Morgan fingerprint density at radius 3 is 2.48 bits per heavy atom. The van der Waals surface area contributed by atoms with Crippen LogP contribution in [0.15, 0.2) is 22.7 Å². The highest BCUT2D eigenvalue weighted by Gasteiger charge is 2.34. The first kappa shape index (κ1) is 18.3. The van der Waals surface area contributed by atoms with Gasteiger partial charge in [-0.25, -0.2) is 0 Å². The molecule has 126 valence electrons. The van der Waals surface area contributed by atoms with Crippen molar-refractivity contribution in [2.24, 2.45) is 0 Å². The lowest BCUT2D eigenvalue weighted by atomic mass is 10.1. The summed E-state index contributed by atoms with van der Waals surface area (Å²) in [5, 5.41) is 3.79. The predicted molar refractivity (Wildman–Crippen MR) is 91.5 cm³/mol. The molecule has 3 nitrogen and oxygen atoms in total. The molecule has 0 unspecified atom stereocenters. The minimum atomic E-state index is -4.41. The Kier molecular flexibility index (Phi) is 5.43. The number of alkyl halides is 3. The van der Waals surface area contributed by atoms with Gasteiger partial charge in [0.25, 0.3) is 0 Å². The average molecular weight is 411 g/mol. The number of piperazine rings is 1. The van der Waals surface area contributed by atoms with Gasteiger partial charge in [-0.2, -0.15) is 13.2 Å². The maximum Gasteiger partial charge on any atom is 0.418 e. The molecule has 1 aromatic carbocycles. The molecule has 0 bridgehead atoms. The second-order valence-corrected chi connectivity index (χ2v) is 6.09. The summed E-state index contributed by atoms with van der Waals surface area (Å²) < 4.78 is 40.5. The first-order valence-corrected chi connectivity index (χ1v) is 7.80. The van der Waals surface area contributed by atoms with E-state index in [1.54, 1.807) is 13.0 Å². The summed E-state index contributed by atoms with van der Waals surface area (Å²) in [6, 6.07) is 4.24. The molecule has 3 rings (SSSR count). The van der Waals surface area contributed by atoms with Gasteiger partial charge in [0, 0.05) is 31.6 Å². The number of rotatable bonds is 1. The van der Waals surface area contributed by atoms with Crippen LogP contribution in [0.4, 0.5) is 18.9 Å². The van der Waals surface area contributed by atoms with Crippen molar-refractivity contribution < 1.29 is 13.2 Å². The van der Waals surface area contributed by atoms with Crippen molar-refractivity contribution in [2.45, 2.75) is 13.1 Å². The van der Waals surface area contributed by atoms with Gasteiger partial charge in [-0.05, 0) is 28.9 Å². The number of nitrogens with one attached hydrogen (secondary N) is 1. The summed E-state index contributed by atoms with van der Waals surface area (Å²) in [4.78, 5) is 6.30. The first-order valence-electron chi connectivity index (χ1n) is 7.01. The number of aromatic nitrogens is 1. The summed E-state index contributed by atoms with van der Waals surface area (Å²) in [6.45, 7) is 4.87. The largest absolute Gasteiger partial charge is 0.418 e. The fourth-order valence-corrected chi connectivity index (χ4v) is 3.34. The molecule has 2 heterocycles. The van der Waals surface area contributed by atoms with Crippen LogP contribution in [0.3, 0.4) is 0 Å². The van der Waals surface area contributed by atoms with E-state index >= 15 is 0 Å². The molecule has 1 fully saturated rings. The Balaban J connectivity index is 0.00000192. The molecule has 1 aromatic heterocycles. The van der Waals surface area contributed by atoms with Gasteiger partial charge in [-0.3, -0.25) is 4.98 Å². The number of hydrogen-bond acceptors (Lipinski definition) is 3. The van der Waals surface area contributed by atoms with Gasteiger partial charge in [0.1, 0.15) is 0 Å². The SMILES string of the molecule is Cc1nc2c(C(F)(F)F)cccc2c(N2CCNCC2)c1Br.Cl. The second kappa shape index (κ2) is 6.83. The molecular weight excluding hydrogens is 395 g/mol. The van der Waals surface area contributed by atoms with E-state index < -0.39 is 11.7 Å². The van der Waals surface area contributed by atoms with Gasteiger partial charge < -0.3 is 10.2 Å². The van der Waals surface area contributed by atoms with Gasteiger partial charge in [-0.1, -0.05) is 12.1 Å². The standard InChI is InChI=1S/C15H15BrF3N3.ClH/c1-9-12(16)14(22-7-5-20-6-8-22)10-3-2-4-11(13(10)21-9)15(17,18)19;/h2-4,20H,5-8H2,1H3;1H. The molecule has 0 aliphatic carbocycles. The molecule has 0 saturated carbocycles. The zero-order chi connectivity index (χ0) is 15.9. The van der Waals surface area contributed by atoms with Gasteiger partial charge >= 0.3 is 6.18 Å². The van der Waals surface area contributed by atoms with Crippen LogP contribution in [0.1, 0.15) is 11.3 Å². The number of nitrogens with zero attached hydrogens (tertiary/aromatic N) is 2. The monoisotopic (exact) mass is 409 g/mol. The zero-order valence-electron chi connectivity index (χ0n) is 12.4. The van der Waals surface area contributed by atoms with Crippen molar-refractivity contribution in [3.05, 3.63) is 33.9 Å². The number of pyridine rings is 1. The van der Waals surface area contributed by atoms with E-state index in [0.29, 0.717) is 11.1 Å². The van der Waals surface area contributed by atoms with Crippen molar-refractivity contribution in [1.82, 2.24) is 10.3 Å². The smallest absolute Gasteiger partial charge is 0.367 e. The molecule has 1 aliphatic heterocycles. The number of hydrogen-bond donors (Lipinski definition) is 1. The Morgan fingerprint density at radius 2 is 1.87 bits per heavy atom. The summed E-state index contributed by atoms with van der Waals surface area (Å²) in [7, 11) is 0. The molecule has 1 saturated heterocycles. The van der Waals surface area contributed by atoms with Crippen LogP contribution >= 0.6 is 28.3 Å². The van der Waals surface area contributed by atoms with E-state index in [1.165, 1.54) is 6.07 Å². The highest BCUT2D eigenvalue weighted by atomic mass is 79.9. The topological polar surface area (TPSA) is 28.2 Å². The van der Waals surface area contributed by atoms with Gasteiger partial charge in [0.15, 0.2) is 0 Å². The molecule has 0 amide bonds. The molecule has 2 aromatic rings. The van der Waals surface area contributed by atoms with Crippen molar-refractivity contribution in [1.29, 1.82) is 0 Å². The number of benzene rings is 1. The van der Waals surface area contributed by atoms with E-state index in [0.717, 1.165) is 42.4 Å². The maximum atomic E-state index is 13.2. The molecule has 0 radical (unpaired) electrons. The Labute approximate surface area is 146 Å². The van der Waals surface area contributed by atoms with E-state index in [9.17, 15) is 13.2 Å². The Hall–Kier alpha value is -1.05. The molecule has 8 heteroatoms. The Morgan fingerprint density at radius 1 is 1.22 bits per heavy atom. The second-order valence-electron chi connectivity index (χ2n) is 5.30. The fourth-order valence-electron chi connectivity index (χ4n) is 2.79. The van der Waals surface area contributed by atoms with Crippen molar-refractivity contribution >= 4 is 44.9 Å². The van der Waals surface area contributed by atoms with Crippen LogP contribution in [0, 0.1) is 6.92 Å². The summed E-state index contributed by atoms with van der Waals surface area (Å²) >= 11 is 3.51. The van der Waals surface area contributed by atoms with E-state index in [-0.39, 0.29) is 17.9 Å². The minimum Gasteiger partial charge on any atom is -0.367 e. The van der Waals surface area contributed by atoms with Crippen molar-refractivity contribution in [2.75, 3.05) is 31.1 Å². The number of fused-ring (bicyclic) bond motifs is 1. The number of anilines is 1. The van der Waals surface area contributed by atoms with Gasteiger partial charge in [0.05, 0.1) is 26.9 Å². The first-order chi connectivity index (χ1) is 10.4. The number of halogens is 5. The number of aryl methyl sites for hydroxylation is 1. The lowest BCUT2D eigenvalue weighted by Gasteiger charge is -2.31. The molecule has 0 spiro atoms. The van der Waals surface area contributed by atoms with Crippen LogP contribution in [0.25, 0.3) is 10.9 Å². The quantitative estimate of drug-likeness (QED) is 0.765. The predicted octanol–water partition coefficient (Wildman–Crippen LogP) is 4.16.